The van der Waals surface area contributed by atoms with Crippen LogP contribution >= 0.6 is 0 Å². The molecule has 0 aliphatic heterocycles. The minimum atomic E-state index is -0.338. The van der Waals surface area contributed by atoms with Crippen molar-refractivity contribution in [3.63, 3.8) is 0 Å². The molecule has 0 heterocycles. The van der Waals surface area contributed by atoms with Crippen LogP contribution < -0.4 is 0 Å². The van der Waals surface area contributed by atoms with Crippen molar-refractivity contribution in [3.8, 4) is 0 Å². The third-order valence-electron chi connectivity index (χ3n) is 3.14. The Morgan fingerprint density at radius 3 is 2.40 bits per heavy atom. The van der Waals surface area contributed by atoms with Gasteiger partial charge in [0.15, 0.2) is 0 Å². The molecule has 0 N–H and O–H groups in total. The lowest BCUT2D eigenvalue weighted by atomic mass is 9.79. The van der Waals surface area contributed by atoms with E-state index in [1.54, 1.807) is 0 Å². The molecule has 15 heavy (non-hydrogen) atoms. The number of hydrogen-bond donors (Lipinski definition) is 0. The van der Waals surface area contributed by atoms with Crippen LogP contribution in [0.5, 0.6) is 0 Å². The van der Waals surface area contributed by atoms with Crippen LogP contribution in [0.25, 0.3) is 0 Å². The van der Waals surface area contributed by atoms with E-state index in [1.807, 2.05) is 20.8 Å². The van der Waals surface area contributed by atoms with E-state index in [2.05, 4.69) is 6.92 Å². The van der Waals surface area contributed by atoms with Crippen LogP contribution in [0.3, 0.4) is 0 Å². The van der Waals surface area contributed by atoms with Crippen molar-refractivity contribution in [1.29, 1.82) is 0 Å². The Kier molecular flexibility index (Phi) is 4.18. The third kappa shape index (κ3) is 4.67. The fourth-order valence-corrected chi connectivity index (χ4v) is 2.29. The van der Waals surface area contributed by atoms with Crippen LogP contribution in [-0.4, -0.2) is 11.6 Å². The Morgan fingerprint density at radius 2 is 1.87 bits per heavy atom. The van der Waals surface area contributed by atoms with E-state index in [0.29, 0.717) is 18.3 Å². The van der Waals surface area contributed by atoms with E-state index in [1.165, 1.54) is 25.7 Å². The molecule has 2 nitrogen and oxygen atoms in total. The van der Waals surface area contributed by atoms with Crippen LogP contribution in [0.2, 0.25) is 0 Å². The van der Waals surface area contributed by atoms with Crippen molar-refractivity contribution < 1.29 is 9.53 Å². The zero-order chi connectivity index (χ0) is 11.5. The summed E-state index contributed by atoms with van der Waals surface area (Å²) in [5, 5.41) is 0. The molecule has 0 amide bonds. The summed E-state index contributed by atoms with van der Waals surface area (Å²) in [5.74, 6) is 1.21. The van der Waals surface area contributed by atoms with Crippen molar-refractivity contribution in [2.45, 2.75) is 65.4 Å². The van der Waals surface area contributed by atoms with Gasteiger partial charge in [0.2, 0.25) is 0 Å². The minimum Gasteiger partial charge on any atom is -0.460 e. The number of carbonyl (C=O) groups is 1. The maximum atomic E-state index is 11.7. The van der Waals surface area contributed by atoms with Gasteiger partial charge < -0.3 is 4.74 Å². The zero-order valence-corrected chi connectivity index (χ0v) is 10.5. The van der Waals surface area contributed by atoms with E-state index in [4.69, 9.17) is 4.74 Å². The van der Waals surface area contributed by atoms with Crippen LogP contribution in [0.4, 0.5) is 0 Å². The summed E-state index contributed by atoms with van der Waals surface area (Å²) in [4.78, 5) is 11.7. The van der Waals surface area contributed by atoms with Crippen LogP contribution in [-0.2, 0) is 9.53 Å². The summed E-state index contributed by atoms with van der Waals surface area (Å²) in [7, 11) is 0. The fourth-order valence-electron chi connectivity index (χ4n) is 2.29. The van der Waals surface area contributed by atoms with Crippen LogP contribution in [0.1, 0.15) is 59.8 Å². The monoisotopic (exact) mass is 212 g/mol. The van der Waals surface area contributed by atoms with Gasteiger partial charge in [-0.15, -0.1) is 0 Å². The molecule has 0 saturated heterocycles. The number of carbonyl (C=O) groups excluding carboxylic acids is 1. The second-order valence-corrected chi connectivity index (χ2v) is 5.81. The summed E-state index contributed by atoms with van der Waals surface area (Å²) in [6, 6.07) is 0. The summed E-state index contributed by atoms with van der Waals surface area (Å²) in [6.07, 6.45) is 5.68. The number of ether oxygens (including phenoxy) is 1. The van der Waals surface area contributed by atoms with Crippen molar-refractivity contribution in [1.82, 2.24) is 0 Å². The molecule has 1 saturated carbocycles. The smallest absolute Gasteiger partial charge is 0.306 e. The fraction of sp³-hybridized carbons (Fsp3) is 0.923. The summed E-state index contributed by atoms with van der Waals surface area (Å²) < 4.78 is 5.35. The van der Waals surface area contributed by atoms with E-state index in [0.717, 1.165) is 0 Å². The number of esters is 1. The molecule has 0 unspecified atom stereocenters. The normalized spacial score (nSPS) is 27.5. The van der Waals surface area contributed by atoms with Gasteiger partial charge in [0.1, 0.15) is 5.60 Å². The first kappa shape index (κ1) is 12.5. The van der Waals surface area contributed by atoms with Gasteiger partial charge in [-0.1, -0.05) is 26.2 Å². The SMILES string of the molecule is C[C@H]1CCCC[C@@H]1CC(=O)OC(C)(C)C. The lowest BCUT2D eigenvalue weighted by Gasteiger charge is -2.29. The van der Waals surface area contributed by atoms with Gasteiger partial charge in [0, 0.05) is 6.42 Å². The average Bonchev–Trinajstić information content (AvgIpc) is 2.05. The second kappa shape index (κ2) is 5.00. The van der Waals surface area contributed by atoms with Gasteiger partial charge >= 0.3 is 5.97 Å². The first-order chi connectivity index (χ1) is 6.88. The highest BCUT2D eigenvalue weighted by Crippen LogP contribution is 2.32. The van der Waals surface area contributed by atoms with Gasteiger partial charge in [-0.3, -0.25) is 4.79 Å². The molecule has 0 spiro atoms. The van der Waals surface area contributed by atoms with Crippen molar-refractivity contribution in [3.05, 3.63) is 0 Å². The number of rotatable bonds is 2. The van der Waals surface area contributed by atoms with Gasteiger partial charge in [0.25, 0.3) is 0 Å². The topological polar surface area (TPSA) is 26.3 Å². The molecule has 1 rings (SSSR count). The minimum absolute atomic E-state index is 0.0266. The predicted molar refractivity (Wildman–Crippen MR) is 61.6 cm³/mol. The molecule has 2 atom stereocenters. The van der Waals surface area contributed by atoms with Crippen LogP contribution in [0, 0.1) is 11.8 Å². The molecule has 0 aromatic heterocycles. The van der Waals surface area contributed by atoms with Gasteiger partial charge in [-0.05, 0) is 39.0 Å². The molecule has 0 bridgehead atoms. The lowest BCUT2D eigenvalue weighted by molar-refractivity contribution is -0.156. The van der Waals surface area contributed by atoms with Crippen molar-refractivity contribution >= 4 is 5.97 Å². The largest absolute Gasteiger partial charge is 0.460 e. The molecular formula is C13H24O2. The summed E-state index contributed by atoms with van der Waals surface area (Å²) >= 11 is 0. The van der Waals surface area contributed by atoms with Gasteiger partial charge in [0.05, 0.1) is 0 Å². The van der Waals surface area contributed by atoms with Crippen LogP contribution in [0.15, 0.2) is 0 Å². The molecule has 1 fully saturated rings. The average molecular weight is 212 g/mol. The molecular weight excluding hydrogens is 188 g/mol. The first-order valence-corrected chi connectivity index (χ1v) is 6.10. The highest BCUT2D eigenvalue weighted by molar-refractivity contribution is 5.70. The summed E-state index contributed by atoms with van der Waals surface area (Å²) in [5.41, 5.74) is -0.338. The van der Waals surface area contributed by atoms with E-state index >= 15 is 0 Å². The quantitative estimate of drug-likeness (QED) is 0.654. The molecule has 0 radical (unpaired) electrons. The van der Waals surface area contributed by atoms with E-state index in [9.17, 15) is 4.79 Å². The highest BCUT2D eigenvalue weighted by atomic mass is 16.6. The van der Waals surface area contributed by atoms with Crippen molar-refractivity contribution in [2.75, 3.05) is 0 Å². The first-order valence-electron chi connectivity index (χ1n) is 6.10. The van der Waals surface area contributed by atoms with Gasteiger partial charge in [-0.25, -0.2) is 0 Å². The standard InChI is InChI=1S/C13H24O2/c1-10-7-5-6-8-11(10)9-12(14)15-13(2,3)4/h10-11H,5-9H2,1-4H3/t10-,11+/m0/s1. The second-order valence-electron chi connectivity index (χ2n) is 5.81. The number of hydrogen-bond acceptors (Lipinski definition) is 2. The van der Waals surface area contributed by atoms with E-state index in [-0.39, 0.29) is 11.6 Å². The summed E-state index contributed by atoms with van der Waals surface area (Å²) in [6.45, 7) is 8.04. The van der Waals surface area contributed by atoms with Gasteiger partial charge in [-0.2, -0.15) is 0 Å². The molecule has 1 aliphatic rings. The third-order valence-corrected chi connectivity index (χ3v) is 3.14. The molecule has 0 aromatic rings. The molecule has 2 heteroatoms. The maximum Gasteiger partial charge on any atom is 0.306 e. The Balaban J connectivity index is 2.36. The Morgan fingerprint density at radius 1 is 1.27 bits per heavy atom. The Hall–Kier alpha value is -0.530. The maximum absolute atomic E-state index is 11.7. The molecule has 1 aliphatic carbocycles. The zero-order valence-electron chi connectivity index (χ0n) is 10.5. The molecule has 88 valence electrons. The Bertz CT molecular complexity index is 215. The van der Waals surface area contributed by atoms with Crippen molar-refractivity contribution in [2.24, 2.45) is 11.8 Å². The Labute approximate surface area is 93.4 Å². The van der Waals surface area contributed by atoms with E-state index < -0.39 is 0 Å². The molecule has 0 aromatic carbocycles. The highest BCUT2D eigenvalue weighted by Gasteiger charge is 2.26. The lowest BCUT2D eigenvalue weighted by Crippen LogP contribution is -2.27. The predicted octanol–water partition coefficient (Wildman–Crippen LogP) is 3.54.